The lowest BCUT2D eigenvalue weighted by Gasteiger charge is -2.25. The number of para-hydroxylation sites is 1. The maximum Gasteiger partial charge on any atom is 0.138 e. The summed E-state index contributed by atoms with van der Waals surface area (Å²) < 4.78 is 5.70. The Labute approximate surface area is 119 Å². The molecule has 0 saturated heterocycles. The lowest BCUT2D eigenvalue weighted by molar-refractivity contribution is 0.274. The van der Waals surface area contributed by atoms with Gasteiger partial charge in [-0.05, 0) is 18.4 Å². The monoisotopic (exact) mass is 269 g/mol. The number of nitrogens with zero attached hydrogens (tertiary/aromatic N) is 2. The summed E-state index contributed by atoms with van der Waals surface area (Å²) in [7, 11) is 0. The zero-order valence-corrected chi connectivity index (χ0v) is 11.8. The van der Waals surface area contributed by atoms with E-state index in [1.54, 1.807) is 0 Å². The Balaban J connectivity index is 2.06. The minimum absolute atomic E-state index is 0.168. The Morgan fingerprint density at radius 1 is 1.25 bits per heavy atom. The summed E-state index contributed by atoms with van der Waals surface area (Å²) in [5.41, 5.74) is 8.09. The third-order valence-electron chi connectivity index (χ3n) is 3.64. The zero-order valence-electron chi connectivity index (χ0n) is 11.8. The lowest BCUT2D eigenvalue weighted by atomic mass is 9.92. The molecule has 2 aromatic rings. The molecule has 0 spiro atoms. The first-order valence-electron chi connectivity index (χ1n) is 7.01. The smallest absolute Gasteiger partial charge is 0.138 e. The van der Waals surface area contributed by atoms with Crippen LogP contribution in [0.3, 0.4) is 0 Å². The van der Waals surface area contributed by atoms with Crippen molar-refractivity contribution in [1.82, 2.24) is 9.97 Å². The molecule has 20 heavy (non-hydrogen) atoms. The van der Waals surface area contributed by atoms with E-state index in [0.29, 0.717) is 18.3 Å². The van der Waals surface area contributed by atoms with Crippen LogP contribution in [0.25, 0.3) is 0 Å². The fourth-order valence-electron chi connectivity index (χ4n) is 2.57. The predicted molar refractivity (Wildman–Crippen MR) is 78.9 cm³/mol. The quantitative estimate of drug-likeness (QED) is 0.910. The minimum Gasteiger partial charge on any atom is -0.493 e. The van der Waals surface area contributed by atoms with Crippen molar-refractivity contribution in [2.24, 2.45) is 0 Å². The van der Waals surface area contributed by atoms with Crippen molar-refractivity contribution in [2.45, 2.75) is 32.1 Å². The van der Waals surface area contributed by atoms with E-state index in [-0.39, 0.29) is 5.92 Å². The van der Waals surface area contributed by atoms with Gasteiger partial charge in [-0.1, -0.05) is 32.0 Å². The van der Waals surface area contributed by atoms with E-state index in [4.69, 9.17) is 15.5 Å². The van der Waals surface area contributed by atoms with E-state index in [1.165, 1.54) is 0 Å². The standard InChI is InChI=1S/C16H19N3O/c1-10(2)13-9-15(17)19-16(18-13)12-7-8-20-14-6-4-3-5-11(12)14/h3-6,9-10,12H,7-8H2,1-2H3,(H2,17,18,19). The van der Waals surface area contributed by atoms with Gasteiger partial charge in [0.05, 0.1) is 12.5 Å². The van der Waals surface area contributed by atoms with Crippen LogP contribution in [0.1, 0.15) is 49.2 Å². The Kier molecular flexibility index (Phi) is 3.30. The molecule has 2 heterocycles. The van der Waals surface area contributed by atoms with Crippen LogP contribution < -0.4 is 10.5 Å². The number of aromatic nitrogens is 2. The van der Waals surface area contributed by atoms with Crippen LogP contribution in [0, 0.1) is 0 Å². The van der Waals surface area contributed by atoms with E-state index in [9.17, 15) is 0 Å². The molecule has 0 amide bonds. The molecule has 104 valence electrons. The van der Waals surface area contributed by atoms with E-state index in [1.807, 2.05) is 24.3 Å². The summed E-state index contributed by atoms with van der Waals surface area (Å²) >= 11 is 0. The summed E-state index contributed by atoms with van der Waals surface area (Å²) in [5.74, 6) is 2.79. The SMILES string of the molecule is CC(C)c1cc(N)nc(C2CCOc3ccccc32)n1. The number of rotatable bonds is 2. The van der Waals surface area contributed by atoms with Crippen LogP contribution in [-0.4, -0.2) is 16.6 Å². The van der Waals surface area contributed by atoms with Crippen LogP contribution in [0.15, 0.2) is 30.3 Å². The lowest BCUT2D eigenvalue weighted by Crippen LogP contribution is -2.18. The number of nitrogens with two attached hydrogens (primary N) is 1. The van der Waals surface area contributed by atoms with Gasteiger partial charge in [0, 0.05) is 17.3 Å². The van der Waals surface area contributed by atoms with Crippen molar-refractivity contribution in [2.75, 3.05) is 12.3 Å². The number of nitrogen functional groups attached to an aromatic ring is 1. The van der Waals surface area contributed by atoms with E-state index in [2.05, 4.69) is 24.9 Å². The molecule has 1 atom stereocenters. The largest absolute Gasteiger partial charge is 0.493 e. The molecule has 1 unspecified atom stereocenters. The second-order valence-corrected chi connectivity index (χ2v) is 5.46. The molecule has 0 aliphatic carbocycles. The topological polar surface area (TPSA) is 61.0 Å². The summed E-state index contributed by atoms with van der Waals surface area (Å²) in [4.78, 5) is 9.16. The molecule has 1 aliphatic rings. The van der Waals surface area contributed by atoms with E-state index >= 15 is 0 Å². The molecular formula is C16H19N3O. The van der Waals surface area contributed by atoms with Gasteiger partial charge in [0.2, 0.25) is 0 Å². The Morgan fingerprint density at radius 2 is 2.05 bits per heavy atom. The van der Waals surface area contributed by atoms with Crippen molar-refractivity contribution in [3.63, 3.8) is 0 Å². The highest BCUT2D eigenvalue weighted by Gasteiger charge is 2.25. The van der Waals surface area contributed by atoms with Crippen LogP contribution in [0.5, 0.6) is 5.75 Å². The van der Waals surface area contributed by atoms with Crippen LogP contribution in [0.2, 0.25) is 0 Å². The Hall–Kier alpha value is -2.10. The third-order valence-corrected chi connectivity index (χ3v) is 3.64. The van der Waals surface area contributed by atoms with Crippen molar-refractivity contribution < 1.29 is 4.74 Å². The second kappa shape index (κ2) is 5.12. The molecule has 0 bridgehead atoms. The number of hydrogen-bond donors (Lipinski definition) is 1. The van der Waals surface area contributed by atoms with Gasteiger partial charge < -0.3 is 10.5 Å². The molecule has 3 rings (SSSR count). The van der Waals surface area contributed by atoms with Crippen LogP contribution in [0.4, 0.5) is 5.82 Å². The van der Waals surface area contributed by atoms with Gasteiger partial charge in [-0.15, -0.1) is 0 Å². The first-order chi connectivity index (χ1) is 9.65. The number of hydrogen-bond acceptors (Lipinski definition) is 4. The van der Waals surface area contributed by atoms with E-state index in [0.717, 1.165) is 29.3 Å². The molecule has 1 aromatic heterocycles. The van der Waals surface area contributed by atoms with Gasteiger partial charge in [-0.25, -0.2) is 9.97 Å². The minimum atomic E-state index is 0.168. The molecule has 1 aliphatic heterocycles. The first-order valence-corrected chi connectivity index (χ1v) is 7.01. The fraction of sp³-hybridized carbons (Fsp3) is 0.375. The molecule has 0 fully saturated rings. The Morgan fingerprint density at radius 3 is 2.85 bits per heavy atom. The highest BCUT2D eigenvalue weighted by molar-refractivity contribution is 5.42. The number of ether oxygens (including phenoxy) is 1. The van der Waals surface area contributed by atoms with Gasteiger partial charge in [-0.2, -0.15) is 0 Å². The van der Waals surface area contributed by atoms with Gasteiger partial charge in [0.25, 0.3) is 0 Å². The normalized spacial score (nSPS) is 17.6. The molecule has 4 heteroatoms. The number of benzene rings is 1. The van der Waals surface area contributed by atoms with Gasteiger partial charge in [0.15, 0.2) is 0 Å². The molecule has 0 radical (unpaired) electrons. The number of fused-ring (bicyclic) bond motifs is 1. The molecule has 0 saturated carbocycles. The fourth-order valence-corrected chi connectivity index (χ4v) is 2.57. The van der Waals surface area contributed by atoms with Crippen molar-refractivity contribution in [3.8, 4) is 5.75 Å². The van der Waals surface area contributed by atoms with Crippen molar-refractivity contribution in [1.29, 1.82) is 0 Å². The maximum atomic E-state index is 5.94. The molecule has 2 N–H and O–H groups in total. The van der Waals surface area contributed by atoms with Crippen LogP contribution >= 0.6 is 0 Å². The third kappa shape index (κ3) is 2.33. The maximum absolute atomic E-state index is 5.94. The van der Waals surface area contributed by atoms with E-state index < -0.39 is 0 Å². The second-order valence-electron chi connectivity index (χ2n) is 5.46. The van der Waals surface area contributed by atoms with Crippen molar-refractivity contribution in [3.05, 3.63) is 47.4 Å². The summed E-state index contributed by atoms with van der Waals surface area (Å²) in [6, 6.07) is 9.95. The van der Waals surface area contributed by atoms with Crippen molar-refractivity contribution >= 4 is 5.82 Å². The average Bonchev–Trinajstić information content (AvgIpc) is 2.46. The molecule has 1 aromatic carbocycles. The highest BCUT2D eigenvalue weighted by Crippen LogP contribution is 2.36. The first kappa shape index (κ1) is 12.9. The van der Waals surface area contributed by atoms with Gasteiger partial charge in [-0.3, -0.25) is 0 Å². The molecular weight excluding hydrogens is 250 g/mol. The molecule has 4 nitrogen and oxygen atoms in total. The average molecular weight is 269 g/mol. The predicted octanol–water partition coefficient (Wildman–Crippen LogP) is 3.10. The van der Waals surface area contributed by atoms with Gasteiger partial charge >= 0.3 is 0 Å². The van der Waals surface area contributed by atoms with Crippen LogP contribution in [-0.2, 0) is 0 Å². The summed E-state index contributed by atoms with van der Waals surface area (Å²) in [6.07, 6.45) is 0.887. The summed E-state index contributed by atoms with van der Waals surface area (Å²) in [6.45, 7) is 4.92. The number of anilines is 1. The zero-order chi connectivity index (χ0) is 14.1. The highest BCUT2D eigenvalue weighted by atomic mass is 16.5. The van der Waals surface area contributed by atoms with Gasteiger partial charge in [0.1, 0.15) is 17.4 Å². The summed E-state index contributed by atoms with van der Waals surface area (Å²) in [5, 5.41) is 0. The Bertz CT molecular complexity index is 625.